The second-order valence-corrected chi connectivity index (χ2v) is 3.79. The van der Waals surface area contributed by atoms with Gasteiger partial charge in [-0.3, -0.25) is 9.78 Å². The Morgan fingerprint density at radius 2 is 2.47 bits per heavy atom. The number of nitrogens with zero attached hydrogens (tertiary/aromatic N) is 2. The Balaban J connectivity index is 2.08. The van der Waals surface area contributed by atoms with Crippen LogP contribution >= 0.6 is 0 Å². The van der Waals surface area contributed by atoms with Gasteiger partial charge in [0.05, 0.1) is 11.7 Å². The van der Waals surface area contributed by atoms with Crippen molar-refractivity contribution >= 4 is 5.91 Å². The summed E-state index contributed by atoms with van der Waals surface area (Å²) in [7, 11) is 0. The molecule has 1 aliphatic heterocycles. The number of rotatable bonds is 1. The van der Waals surface area contributed by atoms with E-state index in [1.54, 1.807) is 29.4 Å². The first-order valence-corrected chi connectivity index (χ1v) is 5.15. The summed E-state index contributed by atoms with van der Waals surface area (Å²) in [5.74, 6) is -0.0400. The first-order chi connectivity index (χ1) is 7.27. The number of carbonyl (C=O) groups is 1. The largest absolute Gasteiger partial charge is 0.391 e. The van der Waals surface area contributed by atoms with Crippen molar-refractivity contribution in [2.45, 2.75) is 18.9 Å². The minimum absolute atomic E-state index is 0.0400. The predicted molar refractivity (Wildman–Crippen MR) is 55.4 cm³/mol. The highest BCUT2D eigenvalue weighted by Gasteiger charge is 2.22. The summed E-state index contributed by atoms with van der Waals surface area (Å²) in [6, 6.07) is 3.49. The maximum Gasteiger partial charge on any atom is 0.255 e. The number of piperidine rings is 1. The van der Waals surface area contributed by atoms with Crippen LogP contribution < -0.4 is 0 Å². The van der Waals surface area contributed by atoms with E-state index >= 15 is 0 Å². The van der Waals surface area contributed by atoms with Crippen molar-refractivity contribution < 1.29 is 9.90 Å². The summed E-state index contributed by atoms with van der Waals surface area (Å²) in [5, 5.41) is 9.47. The fourth-order valence-electron chi connectivity index (χ4n) is 1.81. The molecule has 1 aromatic rings. The van der Waals surface area contributed by atoms with Gasteiger partial charge in [-0.05, 0) is 25.0 Å². The lowest BCUT2D eigenvalue weighted by Crippen LogP contribution is -2.42. The lowest BCUT2D eigenvalue weighted by Gasteiger charge is -2.30. The van der Waals surface area contributed by atoms with Gasteiger partial charge in [0.2, 0.25) is 0 Å². The number of amides is 1. The molecule has 1 amide bonds. The average Bonchev–Trinajstić information content (AvgIpc) is 2.29. The molecule has 15 heavy (non-hydrogen) atoms. The SMILES string of the molecule is O=C(c1cccnc1)N1CCCC(O)C1. The Kier molecular flexibility index (Phi) is 2.97. The molecule has 1 unspecified atom stereocenters. The van der Waals surface area contributed by atoms with E-state index in [0.717, 1.165) is 19.4 Å². The summed E-state index contributed by atoms with van der Waals surface area (Å²) in [6.45, 7) is 1.17. The molecule has 0 aliphatic carbocycles. The van der Waals surface area contributed by atoms with Crippen LogP contribution in [0.2, 0.25) is 0 Å². The van der Waals surface area contributed by atoms with E-state index in [4.69, 9.17) is 0 Å². The van der Waals surface area contributed by atoms with Gasteiger partial charge in [0, 0.05) is 25.5 Å². The second-order valence-electron chi connectivity index (χ2n) is 3.79. The molecule has 4 heteroatoms. The van der Waals surface area contributed by atoms with Gasteiger partial charge in [0.15, 0.2) is 0 Å². The van der Waals surface area contributed by atoms with Gasteiger partial charge in [0.1, 0.15) is 0 Å². The van der Waals surface area contributed by atoms with Crippen LogP contribution in [-0.4, -0.2) is 40.1 Å². The number of pyridine rings is 1. The van der Waals surface area contributed by atoms with Gasteiger partial charge < -0.3 is 10.0 Å². The molecule has 0 radical (unpaired) electrons. The monoisotopic (exact) mass is 206 g/mol. The van der Waals surface area contributed by atoms with Crippen molar-refractivity contribution in [3.8, 4) is 0 Å². The van der Waals surface area contributed by atoms with Crippen LogP contribution in [-0.2, 0) is 0 Å². The summed E-state index contributed by atoms with van der Waals surface area (Å²) in [4.78, 5) is 17.5. The predicted octanol–water partition coefficient (Wildman–Crippen LogP) is 0.678. The zero-order chi connectivity index (χ0) is 10.7. The van der Waals surface area contributed by atoms with Crippen LogP contribution in [0.3, 0.4) is 0 Å². The van der Waals surface area contributed by atoms with Crippen LogP contribution in [0.1, 0.15) is 23.2 Å². The molecule has 1 fully saturated rings. The minimum atomic E-state index is -0.376. The van der Waals surface area contributed by atoms with E-state index in [1.807, 2.05) is 0 Å². The van der Waals surface area contributed by atoms with Gasteiger partial charge in [-0.15, -0.1) is 0 Å². The highest BCUT2D eigenvalue weighted by Crippen LogP contribution is 2.12. The van der Waals surface area contributed by atoms with Crippen molar-refractivity contribution in [3.63, 3.8) is 0 Å². The highest BCUT2D eigenvalue weighted by atomic mass is 16.3. The maximum absolute atomic E-state index is 11.9. The van der Waals surface area contributed by atoms with Crippen LogP contribution in [0.5, 0.6) is 0 Å². The average molecular weight is 206 g/mol. The number of aliphatic hydroxyl groups is 1. The zero-order valence-corrected chi connectivity index (χ0v) is 8.47. The Bertz CT molecular complexity index is 340. The van der Waals surface area contributed by atoms with E-state index in [9.17, 15) is 9.90 Å². The van der Waals surface area contributed by atoms with E-state index < -0.39 is 0 Å². The Morgan fingerprint density at radius 3 is 3.13 bits per heavy atom. The lowest BCUT2D eigenvalue weighted by molar-refractivity contribution is 0.0473. The number of aromatic nitrogens is 1. The molecule has 1 saturated heterocycles. The van der Waals surface area contributed by atoms with Crippen molar-refractivity contribution in [2.24, 2.45) is 0 Å². The van der Waals surface area contributed by atoms with Crippen LogP contribution in [0, 0.1) is 0 Å². The van der Waals surface area contributed by atoms with E-state index in [2.05, 4.69) is 4.98 Å². The lowest BCUT2D eigenvalue weighted by atomic mass is 10.1. The smallest absolute Gasteiger partial charge is 0.255 e. The second kappa shape index (κ2) is 4.40. The molecule has 2 heterocycles. The van der Waals surface area contributed by atoms with Crippen LogP contribution in [0.15, 0.2) is 24.5 Å². The standard InChI is InChI=1S/C11H14N2O2/c14-10-4-2-6-13(8-10)11(15)9-3-1-5-12-7-9/h1,3,5,7,10,14H,2,4,6,8H2. The zero-order valence-electron chi connectivity index (χ0n) is 8.47. The molecule has 1 atom stereocenters. The molecule has 80 valence electrons. The third-order valence-corrected chi connectivity index (χ3v) is 2.59. The van der Waals surface area contributed by atoms with E-state index in [-0.39, 0.29) is 12.0 Å². The number of carbonyl (C=O) groups excluding carboxylic acids is 1. The molecule has 0 spiro atoms. The van der Waals surface area contributed by atoms with Gasteiger partial charge >= 0.3 is 0 Å². The molecule has 0 saturated carbocycles. The third kappa shape index (κ3) is 2.33. The van der Waals surface area contributed by atoms with Gasteiger partial charge in [-0.1, -0.05) is 0 Å². The summed E-state index contributed by atoms with van der Waals surface area (Å²) in [6.07, 6.45) is 4.48. The molecule has 1 aromatic heterocycles. The summed E-state index contributed by atoms with van der Waals surface area (Å²) < 4.78 is 0. The maximum atomic E-state index is 11.9. The summed E-state index contributed by atoms with van der Waals surface area (Å²) in [5.41, 5.74) is 0.589. The quantitative estimate of drug-likeness (QED) is 0.735. The number of aliphatic hydroxyl groups excluding tert-OH is 1. The molecule has 4 nitrogen and oxygen atoms in total. The van der Waals surface area contributed by atoms with Crippen LogP contribution in [0.4, 0.5) is 0 Å². The Labute approximate surface area is 88.6 Å². The first kappa shape index (κ1) is 10.1. The summed E-state index contributed by atoms with van der Waals surface area (Å²) >= 11 is 0. The number of hydrogen-bond donors (Lipinski definition) is 1. The molecule has 0 bridgehead atoms. The number of hydrogen-bond acceptors (Lipinski definition) is 3. The molecule has 2 rings (SSSR count). The Morgan fingerprint density at radius 1 is 1.60 bits per heavy atom. The van der Waals surface area contributed by atoms with Crippen molar-refractivity contribution in [1.82, 2.24) is 9.88 Å². The highest BCUT2D eigenvalue weighted by molar-refractivity contribution is 5.93. The van der Waals surface area contributed by atoms with Gasteiger partial charge in [-0.2, -0.15) is 0 Å². The van der Waals surface area contributed by atoms with Crippen molar-refractivity contribution in [3.05, 3.63) is 30.1 Å². The normalized spacial score (nSPS) is 21.4. The molecule has 0 aromatic carbocycles. The first-order valence-electron chi connectivity index (χ1n) is 5.15. The van der Waals surface area contributed by atoms with Crippen molar-refractivity contribution in [2.75, 3.05) is 13.1 Å². The molecular weight excluding hydrogens is 192 g/mol. The van der Waals surface area contributed by atoms with Gasteiger partial charge in [-0.25, -0.2) is 0 Å². The Hall–Kier alpha value is -1.42. The minimum Gasteiger partial charge on any atom is -0.391 e. The topological polar surface area (TPSA) is 53.4 Å². The fourth-order valence-corrected chi connectivity index (χ4v) is 1.81. The molecular formula is C11H14N2O2. The van der Waals surface area contributed by atoms with Gasteiger partial charge in [0.25, 0.3) is 5.91 Å². The van der Waals surface area contributed by atoms with Crippen LogP contribution in [0.25, 0.3) is 0 Å². The van der Waals surface area contributed by atoms with E-state index in [0.29, 0.717) is 12.1 Å². The molecule has 1 N–H and O–H groups in total. The van der Waals surface area contributed by atoms with E-state index in [1.165, 1.54) is 0 Å². The fraction of sp³-hybridized carbons (Fsp3) is 0.455. The third-order valence-electron chi connectivity index (χ3n) is 2.59. The molecule has 1 aliphatic rings. The number of likely N-dealkylation sites (tertiary alicyclic amines) is 1. The number of β-amino-alcohol motifs (C(OH)–C–C–N with tert-alkyl or cyclic N) is 1. The van der Waals surface area contributed by atoms with Crippen molar-refractivity contribution in [1.29, 1.82) is 0 Å².